The number of piperazine rings is 1. The van der Waals surface area contributed by atoms with Crippen LogP contribution in [-0.4, -0.2) is 37.7 Å². The number of rotatable bonds is 6. The van der Waals surface area contributed by atoms with Gasteiger partial charge < -0.3 is 10.1 Å². The minimum atomic E-state index is -0.192. The Kier molecular flexibility index (Phi) is 5.83. The highest BCUT2D eigenvalue weighted by atomic mass is 19.1. The van der Waals surface area contributed by atoms with Crippen LogP contribution >= 0.6 is 0 Å². The number of nitrogens with one attached hydrogen (secondary N) is 1. The Morgan fingerprint density at radius 1 is 1.04 bits per heavy atom. The predicted octanol–water partition coefficient (Wildman–Crippen LogP) is 3.16. The summed E-state index contributed by atoms with van der Waals surface area (Å²) in [6, 6.07) is 13.6. The van der Waals surface area contributed by atoms with Gasteiger partial charge >= 0.3 is 0 Å². The summed E-state index contributed by atoms with van der Waals surface area (Å²) in [4.78, 5) is 2.48. The van der Waals surface area contributed by atoms with Gasteiger partial charge in [-0.05, 0) is 41.8 Å². The van der Waals surface area contributed by atoms with Gasteiger partial charge in [0, 0.05) is 39.1 Å². The van der Waals surface area contributed by atoms with E-state index < -0.39 is 0 Å². The van der Waals surface area contributed by atoms with Gasteiger partial charge in [0.25, 0.3) is 0 Å². The molecule has 0 radical (unpaired) electrons. The van der Waals surface area contributed by atoms with Crippen molar-refractivity contribution in [3.63, 3.8) is 0 Å². The van der Waals surface area contributed by atoms with Crippen molar-refractivity contribution in [2.24, 2.45) is 0 Å². The lowest BCUT2D eigenvalue weighted by molar-refractivity contribution is 0.233. The van der Waals surface area contributed by atoms with Crippen LogP contribution in [0.25, 0.3) is 0 Å². The van der Waals surface area contributed by atoms with Crippen LogP contribution in [0, 0.1) is 12.7 Å². The minimum Gasteiger partial charge on any atom is -0.493 e. The van der Waals surface area contributed by atoms with Crippen molar-refractivity contribution in [2.75, 3.05) is 32.8 Å². The average Bonchev–Trinajstić information content (AvgIpc) is 2.60. The van der Waals surface area contributed by atoms with Crippen LogP contribution in [0.2, 0.25) is 0 Å². The molecule has 3 rings (SSSR count). The van der Waals surface area contributed by atoms with Crippen molar-refractivity contribution in [1.82, 2.24) is 10.2 Å². The summed E-state index contributed by atoms with van der Waals surface area (Å²) >= 11 is 0. The first-order chi connectivity index (χ1) is 11.7. The minimum absolute atomic E-state index is 0.192. The second-order valence-corrected chi connectivity index (χ2v) is 6.35. The largest absolute Gasteiger partial charge is 0.493 e. The molecule has 1 aliphatic heterocycles. The molecule has 0 saturated carbocycles. The summed E-state index contributed by atoms with van der Waals surface area (Å²) < 4.78 is 18.9. The molecule has 24 heavy (non-hydrogen) atoms. The van der Waals surface area contributed by atoms with Crippen molar-refractivity contribution in [3.05, 3.63) is 65.0 Å². The lowest BCUT2D eigenvalue weighted by Crippen LogP contribution is -2.42. The first-order valence-corrected chi connectivity index (χ1v) is 8.60. The highest BCUT2D eigenvalue weighted by molar-refractivity contribution is 5.29. The molecule has 2 aromatic carbocycles. The van der Waals surface area contributed by atoms with Crippen molar-refractivity contribution >= 4 is 0 Å². The van der Waals surface area contributed by atoms with Gasteiger partial charge in [0.1, 0.15) is 11.6 Å². The Morgan fingerprint density at radius 2 is 1.75 bits per heavy atom. The molecule has 1 saturated heterocycles. The molecule has 0 aliphatic carbocycles. The standard InChI is InChI=1S/C20H25FN2O/c1-16-14-19(6-7-20(16)21)24-13-8-17-2-4-18(5-3-17)15-23-11-9-22-10-12-23/h2-7,14,22H,8-13,15H2,1H3. The molecule has 0 spiro atoms. The fourth-order valence-electron chi connectivity index (χ4n) is 2.93. The summed E-state index contributed by atoms with van der Waals surface area (Å²) in [5.41, 5.74) is 3.23. The van der Waals surface area contributed by atoms with Crippen LogP contribution in [-0.2, 0) is 13.0 Å². The van der Waals surface area contributed by atoms with Crippen LogP contribution in [0.1, 0.15) is 16.7 Å². The number of benzene rings is 2. The van der Waals surface area contributed by atoms with Gasteiger partial charge in [0.2, 0.25) is 0 Å². The number of nitrogens with zero attached hydrogens (tertiary/aromatic N) is 1. The third-order valence-electron chi connectivity index (χ3n) is 4.43. The lowest BCUT2D eigenvalue weighted by atomic mass is 10.1. The SMILES string of the molecule is Cc1cc(OCCc2ccc(CN3CCNCC3)cc2)ccc1F. The van der Waals surface area contributed by atoms with E-state index >= 15 is 0 Å². The fourth-order valence-corrected chi connectivity index (χ4v) is 2.93. The molecular weight excluding hydrogens is 303 g/mol. The van der Waals surface area contributed by atoms with Crippen LogP contribution in [0.5, 0.6) is 5.75 Å². The Hall–Kier alpha value is -1.91. The maximum atomic E-state index is 13.2. The molecular formula is C20H25FN2O. The summed E-state index contributed by atoms with van der Waals surface area (Å²) in [6.07, 6.45) is 0.852. The number of ether oxygens (including phenoxy) is 1. The number of hydrogen-bond acceptors (Lipinski definition) is 3. The first-order valence-electron chi connectivity index (χ1n) is 8.60. The summed E-state index contributed by atoms with van der Waals surface area (Å²) in [5, 5.41) is 3.38. The van der Waals surface area contributed by atoms with E-state index in [1.165, 1.54) is 17.2 Å². The van der Waals surface area contributed by atoms with Crippen LogP contribution in [0.4, 0.5) is 4.39 Å². The topological polar surface area (TPSA) is 24.5 Å². The maximum absolute atomic E-state index is 13.2. The van der Waals surface area contributed by atoms with Crippen LogP contribution in [0.3, 0.4) is 0 Å². The quantitative estimate of drug-likeness (QED) is 0.881. The molecule has 2 aromatic rings. The third-order valence-corrected chi connectivity index (χ3v) is 4.43. The highest BCUT2D eigenvalue weighted by Gasteiger charge is 2.09. The molecule has 1 fully saturated rings. The number of hydrogen-bond donors (Lipinski definition) is 1. The highest BCUT2D eigenvalue weighted by Crippen LogP contribution is 2.16. The third kappa shape index (κ3) is 4.79. The van der Waals surface area contributed by atoms with E-state index in [1.54, 1.807) is 19.1 Å². The smallest absolute Gasteiger partial charge is 0.126 e. The first kappa shape index (κ1) is 16.9. The van der Waals surface area contributed by atoms with Gasteiger partial charge in [-0.25, -0.2) is 4.39 Å². The van der Waals surface area contributed by atoms with Gasteiger partial charge in [-0.1, -0.05) is 24.3 Å². The second kappa shape index (κ2) is 8.27. The number of halogens is 1. The Morgan fingerprint density at radius 3 is 2.46 bits per heavy atom. The second-order valence-electron chi connectivity index (χ2n) is 6.35. The van der Waals surface area contributed by atoms with Crippen molar-refractivity contribution in [1.29, 1.82) is 0 Å². The molecule has 0 bridgehead atoms. The molecule has 1 heterocycles. The summed E-state index contributed by atoms with van der Waals surface area (Å²) in [5.74, 6) is 0.534. The monoisotopic (exact) mass is 328 g/mol. The predicted molar refractivity (Wildman–Crippen MR) is 94.9 cm³/mol. The van der Waals surface area contributed by atoms with E-state index in [0.717, 1.165) is 44.9 Å². The Labute approximate surface area is 143 Å². The average molecular weight is 328 g/mol. The van der Waals surface area contributed by atoms with Crippen molar-refractivity contribution in [3.8, 4) is 5.75 Å². The van der Waals surface area contributed by atoms with Gasteiger partial charge in [-0.15, -0.1) is 0 Å². The molecule has 0 amide bonds. The zero-order chi connectivity index (χ0) is 16.8. The van der Waals surface area contributed by atoms with Crippen molar-refractivity contribution in [2.45, 2.75) is 19.9 Å². The molecule has 0 unspecified atom stereocenters. The van der Waals surface area contributed by atoms with Crippen LogP contribution in [0.15, 0.2) is 42.5 Å². The van der Waals surface area contributed by atoms with Gasteiger partial charge in [0.05, 0.1) is 6.61 Å². The number of aryl methyl sites for hydroxylation is 1. The van der Waals surface area contributed by atoms with Gasteiger partial charge in [-0.2, -0.15) is 0 Å². The summed E-state index contributed by atoms with van der Waals surface area (Å²) in [6.45, 7) is 7.77. The Bertz CT molecular complexity index is 651. The van der Waals surface area contributed by atoms with Gasteiger partial charge in [-0.3, -0.25) is 4.90 Å². The molecule has 0 atom stereocenters. The molecule has 4 heteroatoms. The van der Waals surface area contributed by atoms with Gasteiger partial charge in [0.15, 0.2) is 0 Å². The van der Waals surface area contributed by atoms with E-state index in [0.29, 0.717) is 12.2 Å². The maximum Gasteiger partial charge on any atom is 0.126 e. The van der Waals surface area contributed by atoms with Crippen LogP contribution < -0.4 is 10.1 Å². The van der Waals surface area contributed by atoms with E-state index in [-0.39, 0.29) is 5.82 Å². The fraction of sp³-hybridized carbons (Fsp3) is 0.400. The normalized spacial score (nSPS) is 15.4. The lowest BCUT2D eigenvalue weighted by Gasteiger charge is -2.27. The molecule has 128 valence electrons. The molecule has 3 nitrogen and oxygen atoms in total. The molecule has 0 aromatic heterocycles. The Balaban J connectivity index is 1.46. The zero-order valence-electron chi connectivity index (χ0n) is 14.2. The van der Waals surface area contributed by atoms with E-state index in [2.05, 4.69) is 34.5 Å². The van der Waals surface area contributed by atoms with Crippen molar-refractivity contribution < 1.29 is 9.13 Å². The summed E-state index contributed by atoms with van der Waals surface area (Å²) in [7, 11) is 0. The molecule has 1 N–H and O–H groups in total. The van der Waals surface area contributed by atoms with E-state index in [1.807, 2.05) is 0 Å². The zero-order valence-corrected chi connectivity index (χ0v) is 14.2. The molecule has 1 aliphatic rings. The van der Waals surface area contributed by atoms with E-state index in [4.69, 9.17) is 4.74 Å². The van der Waals surface area contributed by atoms with E-state index in [9.17, 15) is 4.39 Å².